The number of aromatic nitrogens is 1. The molecule has 0 radical (unpaired) electrons. The van der Waals surface area contributed by atoms with Gasteiger partial charge in [0.25, 0.3) is 0 Å². The van der Waals surface area contributed by atoms with E-state index >= 15 is 0 Å². The Labute approximate surface area is 156 Å². The molecular weight excluding hydrogens is 334 g/mol. The number of carbonyl (C=O) groups is 2. The lowest BCUT2D eigenvalue weighted by Gasteiger charge is -2.22. The van der Waals surface area contributed by atoms with Gasteiger partial charge in [0.1, 0.15) is 0 Å². The van der Waals surface area contributed by atoms with E-state index in [2.05, 4.69) is 24.1 Å². The molecule has 1 N–H and O–H groups in total. The average molecular weight is 368 g/mol. The van der Waals surface area contributed by atoms with Crippen LogP contribution < -0.4 is 5.32 Å². The molecule has 0 saturated carbocycles. The highest BCUT2D eigenvalue weighted by molar-refractivity contribution is 7.13. The maximum Gasteiger partial charge on any atom is 0.245 e. The van der Waals surface area contributed by atoms with Crippen LogP contribution >= 0.6 is 11.3 Å². The molecular formula is C19H33N3O2S. The molecule has 25 heavy (non-hydrogen) atoms. The van der Waals surface area contributed by atoms with E-state index in [9.17, 15) is 9.59 Å². The maximum absolute atomic E-state index is 12.5. The van der Waals surface area contributed by atoms with Crippen molar-refractivity contribution in [2.45, 2.75) is 78.6 Å². The second-order valence-electron chi connectivity index (χ2n) is 6.53. The molecule has 0 aliphatic carbocycles. The molecule has 6 heteroatoms. The minimum Gasteiger partial charge on any atom is -0.333 e. The predicted molar refractivity (Wildman–Crippen MR) is 105 cm³/mol. The first-order chi connectivity index (χ1) is 12.1. The fraction of sp³-hybridized carbons (Fsp3) is 0.737. The summed E-state index contributed by atoms with van der Waals surface area (Å²) in [6.07, 6.45) is 9.28. The molecule has 0 fully saturated rings. The Hall–Kier alpha value is -1.43. The third-order valence-electron chi connectivity index (χ3n) is 4.08. The Balaban J connectivity index is 2.46. The van der Waals surface area contributed by atoms with E-state index in [0.29, 0.717) is 18.1 Å². The molecule has 0 bridgehead atoms. The van der Waals surface area contributed by atoms with Crippen LogP contribution in [0.4, 0.5) is 5.13 Å². The first-order valence-corrected chi connectivity index (χ1v) is 10.4. The van der Waals surface area contributed by atoms with Gasteiger partial charge in [0.05, 0.1) is 12.2 Å². The second-order valence-corrected chi connectivity index (χ2v) is 7.39. The molecule has 2 amide bonds. The molecule has 5 nitrogen and oxygen atoms in total. The van der Waals surface area contributed by atoms with Gasteiger partial charge in [0.2, 0.25) is 11.8 Å². The van der Waals surface area contributed by atoms with Gasteiger partial charge in [-0.15, -0.1) is 11.3 Å². The van der Waals surface area contributed by atoms with Crippen LogP contribution in [0.15, 0.2) is 5.38 Å². The summed E-state index contributed by atoms with van der Waals surface area (Å²) in [5.74, 6) is -0.0664. The predicted octanol–water partition coefficient (Wildman–Crippen LogP) is 4.77. The van der Waals surface area contributed by atoms with Crippen LogP contribution in [0.1, 0.15) is 77.3 Å². The van der Waals surface area contributed by atoms with Crippen LogP contribution in [-0.2, 0) is 9.59 Å². The standard InChI is InChI=1S/C19H33N3O2S/c1-4-6-8-9-10-12-18(24)22(13-11-7-5-2)14-17(23)21-19-20-16(3)15-25-19/h15H,4-14H2,1-3H3,(H,20,21,23). The summed E-state index contributed by atoms with van der Waals surface area (Å²) >= 11 is 1.41. The van der Waals surface area contributed by atoms with Crippen molar-refractivity contribution in [3.63, 3.8) is 0 Å². The van der Waals surface area contributed by atoms with Gasteiger partial charge in [-0.25, -0.2) is 4.98 Å². The molecule has 0 aliphatic rings. The number of hydrogen-bond acceptors (Lipinski definition) is 4. The van der Waals surface area contributed by atoms with Gasteiger partial charge in [-0.3, -0.25) is 9.59 Å². The van der Waals surface area contributed by atoms with Gasteiger partial charge in [-0.1, -0.05) is 52.4 Å². The highest BCUT2D eigenvalue weighted by Crippen LogP contribution is 2.14. The van der Waals surface area contributed by atoms with Gasteiger partial charge >= 0.3 is 0 Å². The van der Waals surface area contributed by atoms with Crippen molar-refractivity contribution in [3.05, 3.63) is 11.1 Å². The van der Waals surface area contributed by atoms with Crippen molar-refractivity contribution >= 4 is 28.3 Å². The number of carbonyl (C=O) groups excluding carboxylic acids is 2. The molecule has 0 spiro atoms. The number of hydrogen-bond donors (Lipinski definition) is 1. The summed E-state index contributed by atoms with van der Waals surface area (Å²) in [6, 6.07) is 0. The summed E-state index contributed by atoms with van der Waals surface area (Å²) in [6.45, 7) is 6.99. The zero-order chi connectivity index (χ0) is 18.5. The third kappa shape index (κ3) is 9.58. The van der Waals surface area contributed by atoms with E-state index in [0.717, 1.165) is 37.8 Å². The second kappa shape index (κ2) is 12.9. The smallest absolute Gasteiger partial charge is 0.245 e. The summed E-state index contributed by atoms with van der Waals surface area (Å²) in [4.78, 5) is 30.7. The number of thiazole rings is 1. The minimum atomic E-state index is -0.162. The van der Waals surface area contributed by atoms with Crippen LogP contribution in [-0.4, -0.2) is 34.8 Å². The summed E-state index contributed by atoms with van der Waals surface area (Å²) in [7, 11) is 0. The molecule has 142 valence electrons. The molecule has 0 aliphatic heterocycles. The lowest BCUT2D eigenvalue weighted by Crippen LogP contribution is -2.38. The number of anilines is 1. The molecule has 1 aromatic heterocycles. The van der Waals surface area contributed by atoms with Crippen LogP contribution in [0.2, 0.25) is 0 Å². The quantitative estimate of drug-likeness (QED) is 0.511. The zero-order valence-corrected chi connectivity index (χ0v) is 16.8. The Morgan fingerprint density at radius 3 is 2.40 bits per heavy atom. The number of amides is 2. The first-order valence-electron chi connectivity index (χ1n) is 9.56. The first kappa shape index (κ1) is 21.6. The van der Waals surface area contributed by atoms with E-state index in [1.54, 1.807) is 4.90 Å². The number of aryl methyl sites for hydroxylation is 1. The van der Waals surface area contributed by atoms with Gasteiger partial charge < -0.3 is 10.2 Å². The molecule has 1 heterocycles. The fourth-order valence-corrected chi connectivity index (χ4v) is 3.33. The van der Waals surface area contributed by atoms with Crippen molar-refractivity contribution in [1.82, 2.24) is 9.88 Å². The number of rotatable bonds is 13. The Kier molecular flexibility index (Phi) is 11.1. The largest absolute Gasteiger partial charge is 0.333 e. The third-order valence-corrected chi connectivity index (χ3v) is 4.95. The van der Waals surface area contributed by atoms with E-state index < -0.39 is 0 Å². The topological polar surface area (TPSA) is 62.3 Å². The molecule has 0 atom stereocenters. The molecule has 0 saturated heterocycles. The summed E-state index contributed by atoms with van der Waals surface area (Å²) in [5.41, 5.74) is 0.892. The van der Waals surface area contributed by atoms with Crippen LogP contribution in [0.3, 0.4) is 0 Å². The van der Waals surface area contributed by atoms with Crippen molar-refractivity contribution < 1.29 is 9.59 Å². The summed E-state index contributed by atoms with van der Waals surface area (Å²) in [5, 5.41) is 5.30. The van der Waals surface area contributed by atoms with Crippen molar-refractivity contribution in [2.75, 3.05) is 18.4 Å². The van der Waals surface area contributed by atoms with Crippen LogP contribution in [0, 0.1) is 6.92 Å². The lowest BCUT2D eigenvalue weighted by molar-refractivity contribution is -0.134. The Morgan fingerprint density at radius 1 is 1.08 bits per heavy atom. The Bertz CT molecular complexity index is 517. The van der Waals surface area contributed by atoms with Crippen LogP contribution in [0.5, 0.6) is 0 Å². The number of unbranched alkanes of at least 4 members (excludes halogenated alkanes) is 6. The van der Waals surface area contributed by atoms with Crippen LogP contribution in [0.25, 0.3) is 0 Å². The van der Waals surface area contributed by atoms with Gasteiger partial charge in [-0.05, 0) is 19.8 Å². The molecule has 0 aromatic carbocycles. The van der Waals surface area contributed by atoms with E-state index in [-0.39, 0.29) is 18.4 Å². The highest BCUT2D eigenvalue weighted by atomic mass is 32.1. The average Bonchev–Trinajstić information content (AvgIpc) is 2.98. The minimum absolute atomic E-state index is 0.0954. The highest BCUT2D eigenvalue weighted by Gasteiger charge is 2.17. The van der Waals surface area contributed by atoms with Crippen molar-refractivity contribution in [3.8, 4) is 0 Å². The summed E-state index contributed by atoms with van der Waals surface area (Å²) < 4.78 is 0. The van der Waals surface area contributed by atoms with Gasteiger partial charge in [0.15, 0.2) is 5.13 Å². The fourth-order valence-electron chi connectivity index (χ4n) is 2.63. The van der Waals surface area contributed by atoms with E-state index in [4.69, 9.17) is 0 Å². The number of nitrogens with zero attached hydrogens (tertiary/aromatic N) is 2. The molecule has 1 rings (SSSR count). The van der Waals surface area contributed by atoms with E-state index in [1.165, 1.54) is 30.6 Å². The molecule has 1 aromatic rings. The van der Waals surface area contributed by atoms with Gasteiger partial charge in [-0.2, -0.15) is 0 Å². The zero-order valence-electron chi connectivity index (χ0n) is 16.0. The van der Waals surface area contributed by atoms with Crippen molar-refractivity contribution in [1.29, 1.82) is 0 Å². The SMILES string of the molecule is CCCCCCCC(=O)N(CCCCC)CC(=O)Nc1nc(C)cs1. The lowest BCUT2D eigenvalue weighted by atomic mass is 10.1. The van der Waals surface area contributed by atoms with Gasteiger partial charge in [0, 0.05) is 18.3 Å². The molecule has 0 unspecified atom stereocenters. The number of nitrogens with one attached hydrogen (secondary N) is 1. The monoisotopic (exact) mass is 367 g/mol. The van der Waals surface area contributed by atoms with Crippen molar-refractivity contribution in [2.24, 2.45) is 0 Å². The normalized spacial score (nSPS) is 10.7. The van der Waals surface area contributed by atoms with E-state index in [1.807, 2.05) is 12.3 Å². The Morgan fingerprint density at radius 2 is 1.76 bits per heavy atom. The maximum atomic E-state index is 12.5.